The second-order valence-corrected chi connectivity index (χ2v) is 7.47. The van der Waals surface area contributed by atoms with Gasteiger partial charge in [0.25, 0.3) is 0 Å². The molecule has 0 aliphatic heterocycles. The topological polar surface area (TPSA) is 43.4 Å². The molecule has 0 spiro atoms. The first kappa shape index (κ1) is 14.0. The van der Waals surface area contributed by atoms with E-state index in [9.17, 15) is 9.36 Å². The Morgan fingerprint density at radius 3 is 2.18 bits per heavy atom. The monoisotopic (exact) mass is 254 g/mol. The second-order valence-electron chi connectivity index (χ2n) is 4.79. The zero-order chi connectivity index (χ0) is 13.1. The van der Waals surface area contributed by atoms with Crippen LogP contribution in [0.15, 0.2) is 24.3 Å². The second kappa shape index (κ2) is 5.50. The van der Waals surface area contributed by atoms with Crippen molar-refractivity contribution in [2.24, 2.45) is 5.92 Å². The fourth-order valence-corrected chi connectivity index (χ4v) is 1.96. The molecular weight excluding hydrogens is 235 g/mol. The van der Waals surface area contributed by atoms with E-state index in [4.69, 9.17) is 4.52 Å². The van der Waals surface area contributed by atoms with E-state index in [1.165, 1.54) is 0 Å². The van der Waals surface area contributed by atoms with Gasteiger partial charge in [0.15, 0.2) is 0 Å². The van der Waals surface area contributed by atoms with E-state index < -0.39 is 7.37 Å². The number of hydrogen-bond acceptors (Lipinski definition) is 3. The minimum atomic E-state index is -2.51. The first-order valence-electron chi connectivity index (χ1n) is 5.64. The van der Waals surface area contributed by atoms with Crippen LogP contribution in [0.5, 0.6) is 5.75 Å². The lowest BCUT2D eigenvalue weighted by Crippen LogP contribution is -2.09. The van der Waals surface area contributed by atoms with E-state index in [0.717, 1.165) is 5.56 Å². The van der Waals surface area contributed by atoms with Gasteiger partial charge in [0.05, 0.1) is 0 Å². The Bertz CT molecular complexity index is 428. The van der Waals surface area contributed by atoms with E-state index in [1.807, 2.05) is 26.0 Å². The molecule has 0 bridgehead atoms. The van der Waals surface area contributed by atoms with E-state index in [2.05, 4.69) is 0 Å². The van der Waals surface area contributed by atoms with Gasteiger partial charge in [-0.2, -0.15) is 0 Å². The average molecular weight is 254 g/mol. The number of carbonyl (C=O) groups is 1. The maximum atomic E-state index is 11.6. The molecular formula is C13H19O3P. The van der Waals surface area contributed by atoms with Crippen LogP contribution >= 0.6 is 7.37 Å². The highest BCUT2D eigenvalue weighted by atomic mass is 31.2. The van der Waals surface area contributed by atoms with Crippen molar-refractivity contribution in [1.29, 1.82) is 0 Å². The maximum absolute atomic E-state index is 11.6. The summed E-state index contributed by atoms with van der Waals surface area (Å²) in [5.41, 5.74) is 0.957. The van der Waals surface area contributed by atoms with Gasteiger partial charge in [0.1, 0.15) is 11.5 Å². The normalized spacial score (nSPS) is 11.6. The lowest BCUT2D eigenvalue weighted by molar-refractivity contribution is -0.121. The molecule has 0 N–H and O–H groups in total. The van der Waals surface area contributed by atoms with Crippen molar-refractivity contribution in [3.8, 4) is 5.75 Å². The smallest absolute Gasteiger partial charge is 0.242 e. The standard InChI is InChI=1S/C13H19O3P/c1-10(2)13(14)9-11-5-7-12(8-6-11)16-17(3,4)15/h5-8,10H,9H2,1-4H3. The van der Waals surface area contributed by atoms with Crippen LogP contribution in [0.3, 0.4) is 0 Å². The predicted octanol–water partition coefficient (Wildman–Crippen LogP) is 3.37. The van der Waals surface area contributed by atoms with Gasteiger partial charge >= 0.3 is 0 Å². The summed E-state index contributed by atoms with van der Waals surface area (Å²) in [6.45, 7) is 6.93. The summed E-state index contributed by atoms with van der Waals surface area (Å²) >= 11 is 0. The highest BCUT2D eigenvalue weighted by Gasteiger charge is 2.10. The van der Waals surface area contributed by atoms with Gasteiger partial charge in [-0.1, -0.05) is 26.0 Å². The van der Waals surface area contributed by atoms with Crippen LogP contribution < -0.4 is 4.52 Å². The Kier molecular flexibility index (Phi) is 4.53. The fourth-order valence-electron chi connectivity index (χ4n) is 1.33. The molecule has 0 fully saturated rings. The van der Waals surface area contributed by atoms with Crippen molar-refractivity contribution in [3.05, 3.63) is 29.8 Å². The van der Waals surface area contributed by atoms with Crippen LogP contribution in [0.2, 0.25) is 0 Å². The predicted molar refractivity (Wildman–Crippen MR) is 70.1 cm³/mol. The van der Waals surface area contributed by atoms with Crippen LogP contribution in [0.4, 0.5) is 0 Å². The van der Waals surface area contributed by atoms with Gasteiger partial charge in [-0.05, 0) is 17.7 Å². The van der Waals surface area contributed by atoms with Gasteiger partial charge in [0.2, 0.25) is 7.37 Å². The van der Waals surface area contributed by atoms with Crippen molar-refractivity contribution in [3.63, 3.8) is 0 Å². The van der Waals surface area contributed by atoms with Gasteiger partial charge in [0, 0.05) is 25.7 Å². The highest BCUT2D eigenvalue weighted by molar-refractivity contribution is 7.57. The fraction of sp³-hybridized carbons (Fsp3) is 0.462. The molecule has 1 rings (SSSR count). The summed E-state index contributed by atoms with van der Waals surface area (Å²) in [5, 5.41) is 0. The molecule has 0 aliphatic carbocycles. The molecule has 0 radical (unpaired) electrons. The molecule has 0 unspecified atom stereocenters. The number of hydrogen-bond donors (Lipinski definition) is 0. The number of rotatable bonds is 5. The molecule has 0 saturated heterocycles. The van der Waals surface area contributed by atoms with Crippen molar-refractivity contribution >= 4 is 13.2 Å². The van der Waals surface area contributed by atoms with Crippen molar-refractivity contribution in [2.45, 2.75) is 20.3 Å². The minimum absolute atomic E-state index is 0.0532. The largest absolute Gasteiger partial charge is 0.443 e. The first-order valence-corrected chi connectivity index (χ1v) is 8.16. The SMILES string of the molecule is CC(C)C(=O)Cc1ccc(OP(C)(C)=O)cc1. The Morgan fingerprint density at radius 1 is 1.24 bits per heavy atom. The van der Waals surface area contributed by atoms with E-state index in [0.29, 0.717) is 12.2 Å². The summed E-state index contributed by atoms with van der Waals surface area (Å²) in [6.07, 6.45) is 0.438. The van der Waals surface area contributed by atoms with Crippen LogP contribution in [0.1, 0.15) is 19.4 Å². The molecule has 0 aliphatic rings. The van der Waals surface area contributed by atoms with Gasteiger partial charge in [-0.3, -0.25) is 9.36 Å². The molecule has 0 atom stereocenters. The van der Waals surface area contributed by atoms with Gasteiger partial charge < -0.3 is 4.52 Å². The summed E-state index contributed by atoms with van der Waals surface area (Å²) in [7, 11) is -2.51. The highest BCUT2D eigenvalue weighted by Crippen LogP contribution is 2.38. The van der Waals surface area contributed by atoms with Crippen molar-refractivity contribution < 1.29 is 13.9 Å². The summed E-state index contributed by atoms with van der Waals surface area (Å²) in [4.78, 5) is 11.6. The lowest BCUT2D eigenvalue weighted by atomic mass is 10.0. The Morgan fingerprint density at radius 2 is 1.76 bits per heavy atom. The zero-order valence-corrected chi connectivity index (χ0v) is 11.7. The maximum Gasteiger partial charge on any atom is 0.242 e. The molecule has 94 valence electrons. The van der Waals surface area contributed by atoms with Crippen LogP contribution in [-0.2, 0) is 15.8 Å². The number of ketones is 1. The quantitative estimate of drug-likeness (QED) is 0.756. The number of Topliss-reactive ketones (excluding diaryl/α,β-unsaturated/α-hetero) is 1. The molecule has 0 amide bonds. The molecule has 4 heteroatoms. The summed E-state index contributed by atoms with van der Waals surface area (Å²) in [6, 6.07) is 7.18. The van der Waals surface area contributed by atoms with Crippen LogP contribution in [0.25, 0.3) is 0 Å². The van der Waals surface area contributed by atoms with Crippen LogP contribution in [0, 0.1) is 5.92 Å². The third-order valence-corrected chi connectivity index (χ3v) is 2.92. The van der Waals surface area contributed by atoms with Gasteiger partial charge in [-0.15, -0.1) is 0 Å². The van der Waals surface area contributed by atoms with E-state index >= 15 is 0 Å². The Balaban J connectivity index is 2.69. The Labute approximate surface area is 103 Å². The van der Waals surface area contributed by atoms with Crippen molar-refractivity contribution in [1.82, 2.24) is 0 Å². The summed E-state index contributed by atoms with van der Waals surface area (Å²) in [5.74, 6) is 0.854. The third-order valence-electron chi connectivity index (χ3n) is 2.27. The lowest BCUT2D eigenvalue weighted by Gasteiger charge is -2.10. The molecule has 0 aromatic heterocycles. The molecule has 17 heavy (non-hydrogen) atoms. The minimum Gasteiger partial charge on any atom is -0.443 e. The Hall–Kier alpha value is -1.08. The number of carbonyl (C=O) groups excluding carboxylic acids is 1. The van der Waals surface area contributed by atoms with E-state index in [-0.39, 0.29) is 11.7 Å². The molecule has 0 saturated carbocycles. The van der Waals surface area contributed by atoms with Gasteiger partial charge in [-0.25, -0.2) is 0 Å². The molecule has 1 aromatic rings. The van der Waals surface area contributed by atoms with E-state index in [1.54, 1.807) is 25.5 Å². The zero-order valence-electron chi connectivity index (χ0n) is 10.8. The first-order chi connectivity index (χ1) is 7.78. The number of benzene rings is 1. The summed E-state index contributed by atoms with van der Waals surface area (Å²) < 4.78 is 16.7. The van der Waals surface area contributed by atoms with Crippen LogP contribution in [-0.4, -0.2) is 19.1 Å². The average Bonchev–Trinajstić information content (AvgIpc) is 2.18. The third kappa shape index (κ3) is 5.18. The molecule has 0 heterocycles. The molecule has 3 nitrogen and oxygen atoms in total. The van der Waals surface area contributed by atoms with Crippen molar-refractivity contribution in [2.75, 3.05) is 13.3 Å². The molecule has 1 aromatic carbocycles.